The summed E-state index contributed by atoms with van der Waals surface area (Å²) in [5, 5.41) is 5.83. The number of carbonyl (C=O) groups is 4. The number of hydrogen-bond donors (Lipinski definition) is 2. The van der Waals surface area contributed by atoms with Crippen molar-refractivity contribution in [2.45, 2.75) is 69.6 Å². The molecule has 158 valence electrons. The highest BCUT2D eigenvalue weighted by molar-refractivity contribution is 6.23. The molecule has 0 saturated carbocycles. The topological polar surface area (TPSA) is 98.8 Å². The van der Waals surface area contributed by atoms with Gasteiger partial charge in [0.15, 0.2) is 0 Å². The van der Waals surface area contributed by atoms with E-state index < -0.39 is 23.8 Å². The van der Waals surface area contributed by atoms with Crippen LogP contribution in [-0.2, 0) is 9.59 Å². The van der Waals surface area contributed by atoms with E-state index in [-0.39, 0.29) is 18.7 Å². The van der Waals surface area contributed by atoms with Gasteiger partial charge in [0, 0.05) is 30.2 Å². The third kappa shape index (κ3) is 2.85. The minimum absolute atomic E-state index is 0.123. The molecule has 4 amide bonds. The zero-order valence-electron chi connectivity index (χ0n) is 17.0. The fourth-order valence-electron chi connectivity index (χ4n) is 5.68. The maximum Gasteiger partial charge on any atom is 0.262 e. The van der Waals surface area contributed by atoms with Crippen LogP contribution in [0.5, 0.6) is 0 Å². The van der Waals surface area contributed by atoms with Crippen molar-refractivity contribution >= 4 is 29.3 Å². The van der Waals surface area contributed by atoms with Crippen molar-refractivity contribution in [1.82, 2.24) is 15.5 Å². The van der Waals surface area contributed by atoms with Crippen LogP contribution in [0, 0.1) is 0 Å². The molecule has 8 heteroatoms. The van der Waals surface area contributed by atoms with Gasteiger partial charge in [0.25, 0.3) is 11.8 Å². The smallest absolute Gasteiger partial charge is 0.262 e. The van der Waals surface area contributed by atoms with Gasteiger partial charge in [0.1, 0.15) is 6.04 Å². The maximum atomic E-state index is 13.1. The molecule has 30 heavy (non-hydrogen) atoms. The van der Waals surface area contributed by atoms with Gasteiger partial charge in [0.05, 0.1) is 11.1 Å². The number of amides is 4. The summed E-state index contributed by atoms with van der Waals surface area (Å²) in [7, 11) is 0. The van der Waals surface area contributed by atoms with Crippen molar-refractivity contribution in [2.75, 3.05) is 11.4 Å². The normalized spacial score (nSPS) is 30.7. The highest BCUT2D eigenvalue weighted by Crippen LogP contribution is 2.41. The molecule has 2 N–H and O–H groups in total. The molecule has 3 fully saturated rings. The summed E-state index contributed by atoms with van der Waals surface area (Å²) in [5.74, 6) is -1.85. The van der Waals surface area contributed by atoms with E-state index in [2.05, 4.69) is 22.5 Å². The predicted octanol–water partition coefficient (Wildman–Crippen LogP) is 1.20. The third-order valence-electron chi connectivity index (χ3n) is 7.01. The molecular formula is C22H26N4O4. The largest absolute Gasteiger partial charge is 0.364 e. The summed E-state index contributed by atoms with van der Waals surface area (Å²) < 4.78 is 0. The Bertz CT molecular complexity index is 945. The zero-order chi connectivity index (χ0) is 21.0. The molecule has 0 radical (unpaired) electrons. The Morgan fingerprint density at radius 3 is 2.53 bits per heavy atom. The minimum atomic E-state index is -0.928. The van der Waals surface area contributed by atoms with Crippen LogP contribution in [0.1, 0.15) is 66.2 Å². The summed E-state index contributed by atoms with van der Waals surface area (Å²) in [4.78, 5) is 53.2. The van der Waals surface area contributed by atoms with Gasteiger partial charge in [-0.2, -0.15) is 0 Å². The first-order valence-electron chi connectivity index (χ1n) is 10.9. The first kappa shape index (κ1) is 19.2. The maximum absolute atomic E-state index is 13.1. The van der Waals surface area contributed by atoms with E-state index >= 15 is 0 Å². The second-order valence-corrected chi connectivity index (χ2v) is 8.62. The van der Waals surface area contributed by atoms with Crippen LogP contribution in [-0.4, -0.2) is 59.2 Å². The molecule has 0 aromatic heterocycles. The van der Waals surface area contributed by atoms with E-state index in [0.29, 0.717) is 29.3 Å². The Balaban J connectivity index is 1.44. The van der Waals surface area contributed by atoms with Crippen molar-refractivity contribution < 1.29 is 19.2 Å². The Hall–Kier alpha value is -2.74. The number of imide groups is 2. The number of benzene rings is 1. The number of nitrogens with zero attached hydrogens (tertiary/aromatic N) is 2. The lowest BCUT2D eigenvalue weighted by molar-refractivity contribution is -0.136. The molecule has 4 aliphatic rings. The van der Waals surface area contributed by atoms with Crippen LogP contribution in [0.2, 0.25) is 0 Å². The zero-order valence-corrected chi connectivity index (χ0v) is 17.0. The third-order valence-corrected chi connectivity index (χ3v) is 7.01. The van der Waals surface area contributed by atoms with Crippen LogP contribution in [0.25, 0.3) is 0 Å². The first-order valence-corrected chi connectivity index (χ1v) is 10.9. The molecular weight excluding hydrogens is 384 g/mol. The van der Waals surface area contributed by atoms with Crippen molar-refractivity contribution in [3.63, 3.8) is 0 Å². The highest BCUT2D eigenvalue weighted by atomic mass is 16.2. The molecule has 3 saturated heterocycles. The van der Waals surface area contributed by atoms with Crippen LogP contribution in [0.4, 0.5) is 5.69 Å². The molecule has 0 unspecified atom stereocenters. The second-order valence-electron chi connectivity index (χ2n) is 8.62. The van der Waals surface area contributed by atoms with Crippen molar-refractivity contribution in [3.8, 4) is 0 Å². The predicted molar refractivity (Wildman–Crippen MR) is 109 cm³/mol. The number of anilines is 1. The Kier molecular flexibility index (Phi) is 4.61. The Morgan fingerprint density at radius 2 is 1.77 bits per heavy atom. The standard InChI is InChI=1S/C22H26N4O4/c1-2-23-16-7-4-12-5-8-17(16)25(12)13-3-6-14-15(11-13)22(30)26(21(14)29)18-9-10-19(27)24-20(18)28/h3,6,11-12,16-18,23H,2,4-5,7-10H2,1H3,(H,24,27,28)/t12-,16+,17-,18-/m0/s1. The fourth-order valence-corrected chi connectivity index (χ4v) is 5.68. The quantitative estimate of drug-likeness (QED) is 0.724. The van der Waals surface area contributed by atoms with Crippen LogP contribution < -0.4 is 15.5 Å². The molecule has 4 atom stereocenters. The van der Waals surface area contributed by atoms with Gasteiger partial charge in [-0.05, 0) is 56.8 Å². The van der Waals surface area contributed by atoms with Crippen molar-refractivity contribution in [1.29, 1.82) is 0 Å². The number of rotatable bonds is 4. The van der Waals surface area contributed by atoms with Crippen molar-refractivity contribution in [2.24, 2.45) is 0 Å². The molecule has 8 nitrogen and oxygen atoms in total. The van der Waals surface area contributed by atoms with Gasteiger partial charge >= 0.3 is 0 Å². The molecule has 0 spiro atoms. The van der Waals surface area contributed by atoms with E-state index in [1.54, 1.807) is 6.07 Å². The van der Waals surface area contributed by atoms with Gasteiger partial charge in [-0.1, -0.05) is 6.92 Å². The van der Waals surface area contributed by atoms with Gasteiger partial charge in [0.2, 0.25) is 11.8 Å². The highest BCUT2D eigenvalue weighted by Gasteiger charge is 2.46. The fraction of sp³-hybridized carbons (Fsp3) is 0.545. The lowest BCUT2D eigenvalue weighted by Crippen LogP contribution is -2.54. The van der Waals surface area contributed by atoms with Gasteiger partial charge in [-0.15, -0.1) is 0 Å². The molecule has 4 heterocycles. The monoisotopic (exact) mass is 410 g/mol. The summed E-state index contributed by atoms with van der Waals surface area (Å²) >= 11 is 0. The molecule has 2 bridgehead atoms. The van der Waals surface area contributed by atoms with Crippen LogP contribution in [0.15, 0.2) is 18.2 Å². The van der Waals surface area contributed by atoms with E-state index in [1.807, 2.05) is 12.1 Å². The van der Waals surface area contributed by atoms with Gasteiger partial charge < -0.3 is 10.2 Å². The van der Waals surface area contributed by atoms with Crippen LogP contribution in [0.3, 0.4) is 0 Å². The van der Waals surface area contributed by atoms with E-state index in [4.69, 9.17) is 0 Å². The Labute approximate surface area is 175 Å². The average Bonchev–Trinajstić information content (AvgIpc) is 3.17. The number of carbonyl (C=O) groups excluding carboxylic acids is 4. The number of piperidine rings is 2. The molecule has 1 aromatic rings. The lowest BCUT2D eigenvalue weighted by atomic mass is 9.95. The van der Waals surface area contributed by atoms with Crippen LogP contribution >= 0.6 is 0 Å². The summed E-state index contributed by atoms with van der Waals surface area (Å²) in [5.41, 5.74) is 1.66. The molecule has 1 aromatic carbocycles. The number of likely N-dealkylation sites (N-methyl/N-ethyl adjacent to an activating group) is 1. The first-order chi connectivity index (χ1) is 14.5. The summed E-state index contributed by atoms with van der Waals surface area (Å²) in [6.07, 6.45) is 4.82. The summed E-state index contributed by atoms with van der Waals surface area (Å²) in [6.45, 7) is 3.05. The average molecular weight is 410 g/mol. The SMILES string of the molecule is CCN[C@@H]1CC[C@H]2CC[C@@H]1N2c1ccc2c(c1)C(=O)N([C@H]1CCC(=O)NC1=O)C2=O. The molecule has 0 aliphatic carbocycles. The summed E-state index contributed by atoms with van der Waals surface area (Å²) in [6, 6.07) is 5.81. The van der Waals surface area contributed by atoms with Gasteiger partial charge in [-0.3, -0.25) is 29.4 Å². The lowest BCUT2D eigenvalue weighted by Gasteiger charge is -2.42. The van der Waals surface area contributed by atoms with Crippen molar-refractivity contribution in [3.05, 3.63) is 29.3 Å². The molecule has 5 rings (SSSR count). The van der Waals surface area contributed by atoms with E-state index in [0.717, 1.165) is 42.8 Å². The van der Waals surface area contributed by atoms with E-state index in [1.165, 1.54) is 0 Å². The van der Waals surface area contributed by atoms with E-state index in [9.17, 15) is 19.2 Å². The molecule has 4 aliphatic heterocycles. The number of hydrogen-bond acceptors (Lipinski definition) is 6. The second kappa shape index (κ2) is 7.19. The number of fused-ring (bicyclic) bond motifs is 3. The Morgan fingerprint density at radius 1 is 1.00 bits per heavy atom. The van der Waals surface area contributed by atoms with Gasteiger partial charge in [-0.25, -0.2) is 0 Å². The number of nitrogens with one attached hydrogen (secondary N) is 2. The minimum Gasteiger partial charge on any atom is -0.364 e.